The molecule has 3 aromatic carbocycles. The van der Waals surface area contributed by atoms with E-state index >= 15 is 0 Å². The summed E-state index contributed by atoms with van der Waals surface area (Å²) in [4.78, 5) is 45.7. The molecule has 1 fully saturated rings. The van der Waals surface area contributed by atoms with E-state index in [1.54, 1.807) is 19.1 Å². The third-order valence-electron chi connectivity index (χ3n) is 10.9. The number of esters is 1. The van der Waals surface area contributed by atoms with E-state index in [4.69, 9.17) is 24.7 Å². The number of aromatic hydroxyl groups is 1. The lowest BCUT2D eigenvalue weighted by atomic mass is 9.71. The summed E-state index contributed by atoms with van der Waals surface area (Å²) in [6.45, 7) is 4.78. The Kier molecular flexibility index (Phi) is 6.86. The van der Waals surface area contributed by atoms with E-state index < -0.39 is 42.0 Å². The van der Waals surface area contributed by atoms with Crippen molar-refractivity contribution in [1.82, 2.24) is 14.7 Å². The lowest BCUT2D eigenvalue weighted by Crippen LogP contribution is -2.68. The third-order valence-corrected chi connectivity index (χ3v) is 10.9. The van der Waals surface area contributed by atoms with Gasteiger partial charge in [0.2, 0.25) is 6.79 Å². The van der Waals surface area contributed by atoms with Crippen LogP contribution in [0.2, 0.25) is 0 Å². The van der Waals surface area contributed by atoms with Crippen molar-refractivity contribution in [3.8, 4) is 34.8 Å². The van der Waals surface area contributed by atoms with Gasteiger partial charge in [-0.2, -0.15) is 5.26 Å². The molecule has 5 atom stereocenters. The SMILES string of the molecule is COc1c(C)cc2c(c1O)[C@@H]1[C@@H]3Cc4c(OC(C)=O)c(C)c5c(c4[C@H](CN4C(=O)c6ccc(N)cc6C4=O)N3[C@@H](C#N)[C@H](C2)N1C)OCO5. The average molecular weight is 666 g/mol. The molecule has 0 aliphatic carbocycles. The number of likely N-dealkylation sites (N-methyl/N-ethyl adjacent to an activating group) is 1. The minimum Gasteiger partial charge on any atom is -0.504 e. The van der Waals surface area contributed by atoms with E-state index in [1.165, 1.54) is 25.0 Å². The summed E-state index contributed by atoms with van der Waals surface area (Å²) >= 11 is 0. The van der Waals surface area contributed by atoms with Gasteiger partial charge in [-0.3, -0.25) is 29.1 Å². The van der Waals surface area contributed by atoms with E-state index in [2.05, 4.69) is 15.9 Å². The van der Waals surface area contributed by atoms with Crippen molar-refractivity contribution in [1.29, 1.82) is 5.26 Å². The smallest absolute Gasteiger partial charge is 0.308 e. The number of rotatable bonds is 4. The number of anilines is 1. The number of nitrogen functional groups attached to an aromatic ring is 1. The highest BCUT2D eigenvalue weighted by atomic mass is 16.7. The molecule has 0 aromatic heterocycles. The van der Waals surface area contributed by atoms with Gasteiger partial charge in [0, 0.05) is 53.5 Å². The van der Waals surface area contributed by atoms with Crippen LogP contribution in [0.1, 0.15) is 73.1 Å². The zero-order valence-corrected chi connectivity index (χ0v) is 27.7. The molecule has 3 N–H and O–H groups in total. The summed E-state index contributed by atoms with van der Waals surface area (Å²) in [5.74, 6) is 0.0415. The molecule has 13 heteroatoms. The van der Waals surface area contributed by atoms with Crippen LogP contribution in [0.25, 0.3) is 0 Å². The van der Waals surface area contributed by atoms with Crippen molar-refractivity contribution in [2.24, 2.45) is 0 Å². The standard InChI is InChI=1S/C36H35N5O8/c1-15-8-18-9-23-25(12-37)41-24(29(39(23)4)27(18)30(43)31(15)46-5)11-22-28(34-33(47-14-48-34)16(2)32(22)49-17(3)42)26(41)13-40-35(44)20-7-6-19(38)10-21(20)36(40)45/h6-8,10,23-26,29,43H,9,11,13-14,38H2,1-5H3/t23-,24-,25-,26-,29-/m0/s1. The second-order valence-corrected chi connectivity index (χ2v) is 13.4. The van der Waals surface area contributed by atoms with Gasteiger partial charge in [-0.15, -0.1) is 0 Å². The van der Waals surface area contributed by atoms with Gasteiger partial charge < -0.3 is 29.8 Å². The maximum atomic E-state index is 13.9. The number of nitrogens with two attached hydrogens (primary N) is 1. The van der Waals surface area contributed by atoms with Crippen molar-refractivity contribution >= 4 is 23.5 Å². The number of phenols is 1. The fourth-order valence-electron chi connectivity index (χ4n) is 8.94. The molecule has 2 bridgehead atoms. The quantitative estimate of drug-likeness (QED) is 0.181. The average Bonchev–Trinajstić information content (AvgIpc) is 3.63. The molecule has 0 saturated carbocycles. The van der Waals surface area contributed by atoms with Crippen LogP contribution in [0, 0.1) is 25.2 Å². The van der Waals surface area contributed by atoms with Crippen LogP contribution in [0.15, 0.2) is 24.3 Å². The van der Waals surface area contributed by atoms with Crippen LogP contribution in [-0.4, -0.2) is 83.2 Å². The fraction of sp³-hybridized carbons (Fsp3) is 0.389. The lowest BCUT2D eigenvalue weighted by molar-refractivity contribution is -0.132. The van der Waals surface area contributed by atoms with E-state index in [9.17, 15) is 24.8 Å². The van der Waals surface area contributed by atoms with Gasteiger partial charge in [-0.05, 0) is 63.1 Å². The highest BCUT2D eigenvalue weighted by molar-refractivity contribution is 6.21. The van der Waals surface area contributed by atoms with Gasteiger partial charge in [-0.25, -0.2) is 0 Å². The zero-order chi connectivity index (χ0) is 34.6. The van der Waals surface area contributed by atoms with Gasteiger partial charge in [-0.1, -0.05) is 6.07 Å². The number of carbonyl (C=O) groups excluding carboxylic acids is 3. The first-order chi connectivity index (χ1) is 23.5. The van der Waals surface area contributed by atoms with Crippen molar-refractivity contribution in [2.45, 2.75) is 63.8 Å². The first kappa shape index (κ1) is 31.0. The number of ether oxygens (including phenoxy) is 4. The number of imide groups is 1. The molecule has 252 valence electrons. The Labute approximate surface area is 282 Å². The van der Waals surface area contributed by atoms with Crippen LogP contribution in [-0.2, 0) is 17.6 Å². The number of nitriles is 1. The first-order valence-electron chi connectivity index (χ1n) is 16.1. The molecular formula is C36H35N5O8. The molecule has 49 heavy (non-hydrogen) atoms. The number of methoxy groups -OCH3 is 1. The van der Waals surface area contributed by atoms with Crippen molar-refractivity contribution < 1.29 is 38.4 Å². The summed E-state index contributed by atoms with van der Waals surface area (Å²) in [5, 5.41) is 22.7. The number of benzene rings is 3. The molecular weight excluding hydrogens is 630 g/mol. The Morgan fingerprint density at radius 2 is 1.80 bits per heavy atom. The Hall–Kier alpha value is -5.32. The second kappa shape index (κ2) is 10.8. The highest BCUT2D eigenvalue weighted by Crippen LogP contribution is 2.58. The van der Waals surface area contributed by atoms with Crippen molar-refractivity contribution in [3.05, 3.63) is 68.8 Å². The Morgan fingerprint density at radius 1 is 1.06 bits per heavy atom. The molecule has 3 aromatic rings. The Morgan fingerprint density at radius 3 is 2.51 bits per heavy atom. The van der Waals surface area contributed by atoms with Gasteiger partial charge in [0.15, 0.2) is 23.0 Å². The van der Waals surface area contributed by atoms with E-state index in [0.717, 1.165) is 11.1 Å². The number of hydrogen-bond donors (Lipinski definition) is 2. The minimum atomic E-state index is -0.780. The fourth-order valence-corrected chi connectivity index (χ4v) is 8.94. The van der Waals surface area contributed by atoms with Gasteiger partial charge in [0.1, 0.15) is 11.8 Å². The topological polar surface area (TPSA) is 168 Å². The van der Waals surface area contributed by atoms with E-state index in [1.807, 2.05) is 20.0 Å². The van der Waals surface area contributed by atoms with Crippen LogP contribution < -0.4 is 24.7 Å². The van der Waals surface area contributed by atoms with Gasteiger partial charge >= 0.3 is 5.97 Å². The predicted molar refractivity (Wildman–Crippen MR) is 174 cm³/mol. The van der Waals surface area contributed by atoms with Crippen LogP contribution in [0.3, 0.4) is 0 Å². The van der Waals surface area contributed by atoms with Crippen molar-refractivity contribution in [3.63, 3.8) is 0 Å². The molecule has 5 aliphatic rings. The number of phenolic OH excluding ortho intramolecular Hbond substituents is 1. The van der Waals surface area contributed by atoms with Crippen molar-refractivity contribution in [2.75, 3.05) is 33.2 Å². The van der Waals surface area contributed by atoms with Gasteiger partial charge in [0.25, 0.3) is 11.8 Å². The van der Waals surface area contributed by atoms with Crippen LogP contribution in [0.4, 0.5) is 5.69 Å². The number of carbonyl (C=O) groups is 3. The number of amides is 2. The Bertz CT molecular complexity index is 2060. The zero-order valence-electron chi connectivity index (χ0n) is 27.7. The molecule has 2 amide bonds. The molecule has 5 heterocycles. The summed E-state index contributed by atoms with van der Waals surface area (Å²) in [6, 6.07) is 6.49. The van der Waals surface area contributed by atoms with E-state index in [-0.39, 0.29) is 36.3 Å². The number of fused-ring (bicyclic) bond motifs is 10. The number of piperazine rings is 1. The summed E-state index contributed by atoms with van der Waals surface area (Å²) in [5.41, 5.74) is 11.0. The molecule has 0 radical (unpaired) electrons. The molecule has 1 saturated heterocycles. The van der Waals surface area contributed by atoms with Crippen LogP contribution >= 0.6 is 0 Å². The largest absolute Gasteiger partial charge is 0.504 e. The molecule has 0 spiro atoms. The summed E-state index contributed by atoms with van der Waals surface area (Å²) < 4.78 is 23.5. The monoisotopic (exact) mass is 665 g/mol. The molecule has 13 nitrogen and oxygen atoms in total. The number of hydrogen-bond acceptors (Lipinski definition) is 12. The Balaban J connectivity index is 1.37. The maximum absolute atomic E-state index is 13.9. The minimum absolute atomic E-state index is 0.0329. The maximum Gasteiger partial charge on any atom is 0.308 e. The highest BCUT2D eigenvalue weighted by Gasteiger charge is 2.57. The van der Waals surface area contributed by atoms with E-state index in [0.29, 0.717) is 63.8 Å². The third kappa shape index (κ3) is 4.20. The first-order valence-corrected chi connectivity index (χ1v) is 16.1. The molecule has 5 aliphatic heterocycles. The summed E-state index contributed by atoms with van der Waals surface area (Å²) in [6.07, 6.45) is 0.762. The number of nitrogens with zero attached hydrogens (tertiary/aromatic N) is 4. The summed E-state index contributed by atoms with van der Waals surface area (Å²) in [7, 11) is 3.46. The lowest BCUT2D eigenvalue weighted by Gasteiger charge is -2.60. The number of aryl methyl sites for hydroxylation is 1. The van der Waals surface area contributed by atoms with Crippen LogP contribution in [0.5, 0.6) is 28.7 Å². The normalized spacial score (nSPS) is 24.9. The second-order valence-electron chi connectivity index (χ2n) is 13.4. The predicted octanol–water partition coefficient (Wildman–Crippen LogP) is 3.32. The van der Waals surface area contributed by atoms with Gasteiger partial charge in [0.05, 0.1) is 36.4 Å². The molecule has 8 rings (SSSR count). The molecule has 0 unspecified atom stereocenters.